The van der Waals surface area contributed by atoms with Crippen molar-refractivity contribution in [2.75, 3.05) is 0 Å². The minimum absolute atomic E-state index is 0.0487. The van der Waals surface area contributed by atoms with E-state index < -0.39 is 0 Å². The van der Waals surface area contributed by atoms with Gasteiger partial charge < -0.3 is 15.2 Å². The highest BCUT2D eigenvalue weighted by Gasteiger charge is 2.47. The van der Waals surface area contributed by atoms with Gasteiger partial charge in [-0.3, -0.25) is 4.79 Å². The average molecular weight is 472 g/mol. The van der Waals surface area contributed by atoms with Crippen molar-refractivity contribution < 1.29 is 14.6 Å². The van der Waals surface area contributed by atoms with Crippen LogP contribution >= 0.6 is 0 Å². The molecular weight excluding hydrogens is 422 g/mol. The van der Waals surface area contributed by atoms with Crippen molar-refractivity contribution >= 4 is 5.97 Å². The van der Waals surface area contributed by atoms with Gasteiger partial charge in [-0.1, -0.05) is 65.0 Å². The Morgan fingerprint density at radius 2 is 1.76 bits per heavy atom. The van der Waals surface area contributed by atoms with E-state index in [-0.39, 0.29) is 28.6 Å². The molecule has 0 aromatic heterocycles. The second kappa shape index (κ2) is 10.2. The monoisotopic (exact) mass is 471 g/mol. The van der Waals surface area contributed by atoms with Gasteiger partial charge in [-0.15, -0.1) is 0 Å². The molecule has 4 nitrogen and oxygen atoms in total. The molecule has 1 saturated heterocycles. The Kier molecular flexibility index (Phi) is 8.12. The molecule has 2 N–H and O–H groups in total. The third-order valence-electron chi connectivity index (χ3n) is 8.13. The van der Waals surface area contributed by atoms with E-state index in [1.807, 2.05) is 13.0 Å². The van der Waals surface area contributed by atoms with Gasteiger partial charge in [0.1, 0.15) is 11.9 Å². The number of nitrogens with one attached hydrogen (secondary N) is 1. The van der Waals surface area contributed by atoms with Crippen LogP contribution in [0.25, 0.3) is 0 Å². The Labute approximate surface area is 208 Å². The van der Waals surface area contributed by atoms with Gasteiger partial charge in [0.25, 0.3) is 0 Å². The summed E-state index contributed by atoms with van der Waals surface area (Å²) in [6, 6.07) is 4.05. The number of ether oxygens (including phenoxy) is 1. The lowest BCUT2D eigenvalue weighted by molar-refractivity contribution is -0.159. The number of piperidine rings is 1. The maximum absolute atomic E-state index is 13.1. The van der Waals surface area contributed by atoms with E-state index in [4.69, 9.17) is 4.74 Å². The molecule has 0 bridgehead atoms. The summed E-state index contributed by atoms with van der Waals surface area (Å²) in [7, 11) is 0. The van der Waals surface area contributed by atoms with Crippen LogP contribution in [0, 0.1) is 18.8 Å². The van der Waals surface area contributed by atoms with Crippen LogP contribution in [0.2, 0.25) is 0 Å². The van der Waals surface area contributed by atoms with Crippen LogP contribution in [-0.4, -0.2) is 28.3 Å². The predicted molar refractivity (Wildman–Crippen MR) is 140 cm³/mol. The van der Waals surface area contributed by atoms with E-state index in [0.717, 1.165) is 35.4 Å². The summed E-state index contributed by atoms with van der Waals surface area (Å²) < 4.78 is 6.26. The molecule has 3 rings (SSSR count). The third kappa shape index (κ3) is 6.77. The van der Waals surface area contributed by atoms with Crippen molar-refractivity contribution in [3.05, 3.63) is 28.8 Å². The molecule has 1 aromatic rings. The number of carbonyl (C=O) groups is 1. The molecule has 0 spiro atoms. The Balaban J connectivity index is 1.70. The Bertz CT molecular complexity index is 859. The van der Waals surface area contributed by atoms with Gasteiger partial charge in [0, 0.05) is 29.8 Å². The Hall–Kier alpha value is -1.55. The summed E-state index contributed by atoms with van der Waals surface area (Å²) in [6.07, 6.45) is 9.61. The summed E-state index contributed by atoms with van der Waals surface area (Å²) in [5, 5.41) is 14.4. The van der Waals surface area contributed by atoms with Crippen LogP contribution in [-0.2, 0) is 21.4 Å². The van der Waals surface area contributed by atoms with Gasteiger partial charge >= 0.3 is 5.97 Å². The first-order valence-electron chi connectivity index (χ1n) is 13.5. The maximum atomic E-state index is 13.1. The van der Waals surface area contributed by atoms with Gasteiger partial charge in [0.2, 0.25) is 0 Å². The van der Waals surface area contributed by atoms with E-state index >= 15 is 0 Å². The minimum atomic E-state index is -0.149. The number of esters is 1. The topological polar surface area (TPSA) is 58.6 Å². The van der Waals surface area contributed by atoms with Gasteiger partial charge in [0.15, 0.2) is 0 Å². The normalized spacial score (nSPS) is 25.2. The largest absolute Gasteiger partial charge is 0.507 e. The number of benzene rings is 1. The number of aryl methyl sites for hydroxylation is 2. The molecule has 192 valence electrons. The van der Waals surface area contributed by atoms with Crippen LogP contribution in [0.5, 0.6) is 5.75 Å². The molecule has 1 aliphatic heterocycles. The predicted octanol–water partition coefficient (Wildman–Crippen LogP) is 6.98. The van der Waals surface area contributed by atoms with Crippen molar-refractivity contribution in [3.8, 4) is 5.75 Å². The fourth-order valence-corrected chi connectivity index (χ4v) is 6.52. The molecule has 2 atom stereocenters. The van der Waals surface area contributed by atoms with Gasteiger partial charge in [0.05, 0.1) is 0 Å². The second-order valence-electron chi connectivity index (χ2n) is 13.4. The van der Waals surface area contributed by atoms with E-state index in [1.54, 1.807) is 0 Å². The standard InChI is InChI=1S/C30H49NO3/c1-20-16-22(18-24(27(20)33)28(2,3)4)14-15-26(32)34-25-19-29(5,6)31-30(7,8)23(25)17-21-12-10-9-11-13-21/h16,18,21,23,25,31,33H,9-15,17,19H2,1-8H3. The summed E-state index contributed by atoms with van der Waals surface area (Å²) >= 11 is 0. The van der Waals surface area contributed by atoms with E-state index in [1.165, 1.54) is 32.1 Å². The molecule has 1 aromatic carbocycles. The number of aromatic hydroxyl groups is 1. The molecule has 4 heteroatoms. The molecule has 1 aliphatic carbocycles. The first kappa shape index (κ1) is 27.0. The SMILES string of the molecule is Cc1cc(CCC(=O)OC2CC(C)(C)NC(C)(C)C2CC2CCCCC2)cc(C(C)(C)C)c1O. The summed E-state index contributed by atoms with van der Waals surface area (Å²) in [5.74, 6) is 1.34. The molecule has 2 unspecified atom stereocenters. The zero-order valence-electron chi connectivity index (χ0n) is 23.0. The molecule has 0 radical (unpaired) electrons. The van der Waals surface area contributed by atoms with Crippen LogP contribution in [0.15, 0.2) is 12.1 Å². The van der Waals surface area contributed by atoms with Gasteiger partial charge in [-0.05, 0) is 75.5 Å². The first-order chi connectivity index (χ1) is 15.7. The smallest absolute Gasteiger partial charge is 0.306 e. The maximum Gasteiger partial charge on any atom is 0.306 e. The Morgan fingerprint density at radius 1 is 1.12 bits per heavy atom. The molecular formula is C30H49NO3. The van der Waals surface area contributed by atoms with Gasteiger partial charge in [-0.25, -0.2) is 0 Å². The summed E-state index contributed by atoms with van der Waals surface area (Å²) in [4.78, 5) is 13.1. The van der Waals surface area contributed by atoms with E-state index in [9.17, 15) is 9.90 Å². The highest BCUT2D eigenvalue weighted by Crippen LogP contribution is 2.42. The lowest BCUT2D eigenvalue weighted by atomic mass is 9.67. The van der Waals surface area contributed by atoms with E-state index in [0.29, 0.717) is 24.5 Å². The van der Waals surface area contributed by atoms with Crippen LogP contribution in [0.3, 0.4) is 0 Å². The third-order valence-corrected chi connectivity index (χ3v) is 8.13. The fourth-order valence-electron chi connectivity index (χ4n) is 6.52. The van der Waals surface area contributed by atoms with Crippen molar-refractivity contribution in [3.63, 3.8) is 0 Å². The molecule has 1 saturated carbocycles. The lowest BCUT2D eigenvalue weighted by Gasteiger charge is -2.52. The zero-order valence-corrected chi connectivity index (χ0v) is 23.0. The average Bonchev–Trinajstić information content (AvgIpc) is 2.70. The van der Waals surface area contributed by atoms with Crippen LogP contribution in [0.4, 0.5) is 0 Å². The quantitative estimate of drug-likeness (QED) is 0.439. The molecule has 1 heterocycles. The van der Waals surface area contributed by atoms with Crippen LogP contribution < -0.4 is 5.32 Å². The molecule has 34 heavy (non-hydrogen) atoms. The molecule has 0 amide bonds. The van der Waals surface area contributed by atoms with Crippen molar-refractivity contribution in [2.45, 2.75) is 136 Å². The lowest BCUT2D eigenvalue weighted by Crippen LogP contribution is -2.65. The Morgan fingerprint density at radius 3 is 2.38 bits per heavy atom. The number of hydrogen-bond acceptors (Lipinski definition) is 4. The number of rotatable bonds is 6. The highest BCUT2D eigenvalue weighted by molar-refractivity contribution is 5.70. The highest BCUT2D eigenvalue weighted by atomic mass is 16.5. The molecule has 2 aliphatic rings. The number of carbonyl (C=O) groups excluding carboxylic acids is 1. The summed E-state index contributed by atoms with van der Waals surface area (Å²) in [6.45, 7) is 17.3. The van der Waals surface area contributed by atoms with Crippen LogP contribution in [0.1, 0.15) is 117 Å². The summed E-state index contributed by atoms with van der Waals surface area (Å²) in [5.41, 5.74) is 2.61. The first-order valence-corrected chi connectivity index (χ1v) is 13.5. The van der Waals surface area contributed by atoms with Crippen molar-refractivity contribution in [1.29, 1.82) is 0 Å². The fraction of sp³-hybridized carbons (Fsp3) is 0.767. The number of phenolic OH excluding ortho intramolecular Hbond substituents is 1. The number of phenols is 1. The second-order valence-corrected chi connectivity index (χ2v) is 13.4. The van der Waals surface area contributed by atoms with E-state index in [2.05, 4.69) is 59.8 Å². The molecule has 2 fully saturated rings. The minimum Gasteiger partial charge on any atom is -0.507 e. The van der Waals surface area contributed by atoms with Crippen molar-refractivity contribution in [2.24, 2.45) is 11.8 Å². The van der Waals surface area contributed by atoms with Crippen molar-refractivity contribution in [1.82, 2.24) is 5.32 Å². The number of hydrogen-bond donors (Lipinski definition) is 2. The van der Waals surface area contributed by atoms with Gasteiger partial charge in [-0.2, -0.15) is 0 Å². The zero-order chi connectivity index (χ0) is 25.3.